The van der Waals surface area contributed by atoms with Crippen LogP contribution < -0.4 is 20.1 Å². The van der Waals surface area contributed by atoms with Crippen LogP contribution in [0.25, 0.3) is 5.65 Å². The van der Waals surface area contributed by atoms with Crippen LogP contribution in [0.15, 0.2) is 113 Å². The zero-order valence-electron chi connectivity index (χ0n) is 43.9. The van der Waals surface area contributed by atoms with Gasteiger partial charge in [-0.3, -0.25) is 14.7 Å². The molecule has 29 heteroatoms. The number of aromatic amines is 1. The Bertz CT molecular complexity index is 3240. The first-order valence-electron chi connectivity index (χ1n) is 25.6. The normalized spacial score (nSPS) is 13.6. The number of carbonyl (C=O) groups is 2. The summed E-state index contributed by atoms with van der Waals surface area (Å²) in [7, 11) is -3.95. The largest absolute Gasteiger partial charge is 0.489 e. The highest BCUT2D eigenvalue weighted by molar-refractivity contribution is 7.91. The summed E-state index contributed by atoms with van der Waals surface area (Å²) in [5, 5.41) is 13.6. The van der Waals surface area contributed by atoms with Crippen LogP contribution in [0.2, 0.25) is 0 Å². The minimum absolute atomic E-state index is 0.0147. The number of rotatable bonds is 31. The SMILES string of the molecule is CCCCCCCCCCC(Oc1ccc(S(=O)(=O)c2ccc(OCc3ccccc3)cc2)cc1)C(=O)Nc1ccc(CCCc2nnc3c(NC(=O)C(F)(F)C(F)(F)C(F)(F)C(F)(F)C(F)(F)C(F)(F)C(F)(F)C(F)F)c(C)[nH]n23)cc1. The first-order valence-corrected chi connectivity index (χ1v) is 27.1. The molecule has 3 N–H and O–H groups in total. The number of hydrogen-bond acceptors (Lipinski definition) is 8. The van der Waals surface area contributed by atoms with Gasteiger partial charge in [-0.25, -0.2) is 21.7 Å². The van der Waals surface area contributed by atoms with Crippen molar-refractivity contribution in [1.82, 2.24) is 19.8 Å². The first-order chi connectivity index (χ1) is 38.8. The second-order valence-corrected chi connectivity index (χ2v) is 21.3. The molecule has 0 aliphatic heterocycles. The second-order valence-electron chi connectivity index (χ2n) is 19.3. The lowest BCUT2D eigenvalue weighted by molar-refractivity contribution is -0.443. The number of nitrogens with one attached hydrogen (secondary N) is 3. The number of nitrogens with zero attached hydrogens (tertiary/aromatic N) is 3. The Hall–Kier alpha value is -7.07. The summed E-state index contributed by atoms with van der Waals surface area (Å²) >= 11 is 0. The van der Waals surface area contributed by atoms with Crippen molar-refractivity contribution < 1.29 is 97.7 Å². The van der Waals surface area contributed by atoms with Crippen LogP contribution in [-0.4, -0.2) is 94.0 Å². The van der Waals surface area contributed by atoms with Crippen molar-refractivity contribution in [1.29, 1.82) is 0 Å². The summed E-state index contributed by atoms with van der Waals surface area (Å²) in [6.07, 6.45) is 1.71. The number of unbranched alkanes of at least 4 members (excludes halogenated alkanes) is 7. The molecule has 2 aromatic heterocycles. The predicted octanol–water partition coefficient (Wildman–Crippen LogP) is 14.5. The first kappa shape index (κ1) is 65.1. The number of amides is 2. The number of aromatic nitrogens is 4. The van der Waals surface area contributed by atoms with E-state index in [1.54, 1.807) is 36.4 Å². The van der Waals surface area contributed by atoms with Crippen molar-refractivity contribution in [2.75, 3.05) is 10.6 Å². The number of benzene rings is 4. The summed E-state index contributed by atoms with van der Waals surface area (Å²) in [6.45, 7) is 3.36. The molecule has 0 radical (unpaired) electrons. The van der Waals surface area contributed by atoms with Gasteiger partial charge in [0.15, 0.2) is 11.9 Å². The maximum absolute atomic E-state index is 14.8. The third-order valence-corrected chi connectivity index (χ3v) is 15.1. The van der Waals surface area contributed by atoms with Gasteiger partial charge in [0.1, 0.15) is 23.8 Å². The molecule has 0 saturated heterocycles. The molecule has 0 saturated carbocycles. The number of aryl methyl sites for hydroxylation is 3. The molecular formula is C54H54F16N6O6S. The van der Waals surface area contributed by atoms with Gasteiger partial charge in [0.2, 0.25) is 15.5 Å². The Balaban J connectivity index is 1.07. The maximum atomic E-state index is 14.8. The van der Waals surface area contributed by atoms with Crippen LogP contribution in [0, 0.1) is 6.92 Å². The minimum Gasteiger partial charge on any atom is -0.489 e. The zero-order chi connectivity index (χ0) is 61.4. The fraction of sp³-hybridized carbons (Fsp3) is 0.444. The van der Waals surface area contributed by atoms with Gasteiger partial charge < -0.3 is 20.1 Å². The van der Waals surface area contributed by atoms with Gasteiger partial charge in [0, 0.05) is 12.1 Å². The number of anilines is 2. The lowest BCUT2D eigenvalue weighted by atomic mass is 9.89. The van der Waals surface area contributed by atoms with Crippen LogP contribution >= 0.6 is 0 Å². The van der Waals surface area contributed by atoms with E-state index in [1.807, 2.05) is 30.3 Å². The van der Waals surface area contributed by atoms with Gasteiger partial charge in [0.05, 0.1) is 15.5 Å². The van der Waals surface area contributed by atoms with Crippen LogP contribution in [0.3, 0.4) is 0 Å². The summed E-state index contributed by atoms with van der Waals surface area (Å²) in [5.41, 5.74) is -0.234. The van der Waals surface area contributed by atoms with E-state index >= 15 is 0 Å². The Morgan fingerprint density at radius 2 is 1.13 bits per heavy atom. The molecule has 0 aliphatic carbocycles. The molecule has 0 bridgehead atoms. The number of hydrogen-bond donors (Lipinski definition) is 3. The maximum Gasteiger partial charge on any atom is 0.393 e. The third kappa shape index (κ3) is 13.6. The molecule has 12 nitrogen and oxygen atoms in total. The highest BCUT2D eigenvalue weighted by atomic mass is 32.2. The monoisotopic (exact) mass is 1220 g/mol. The van der Waals surface area contributed by atoms with E-state index in [2.05, 4.69) is 27.5 Å². The Labute approximate surface area is 464 Å². The van der Waals surface area contributed by atoms with Gasteiger partial charge in [-0.15, -0.1) is 10.2 Å². The lowest BCUT2D eigenvalue weighted by Crippen LogP contribution is -2.74. The van der Waals surface area contributed by atoms with Gasteiger partial charge in [0.25, 0.3) is 5.91 Å². The Kier molecular flexibility index (Phi) is 20.3. The summed E-state index contributed by atoms with van der Waals surface area (Å²) in [4.78, 5) is 26.2. The minimum atomic E-state index is -8.66. The highest BCUT2D eigenvalue weighted by Crippen LogP contribution is 2.63. The molecule has 1 atom stereocenters. The summed E-state index contributed by atoms with van der Waals surface area (Å²) in [6, 6.07) is 27.6. The Morgan fingerprint density at radius 1 is 0.602 bits per heavy atom. The number of carbonyl (C=O) groups excluding carboxylic acids is 2. The van der Waals surface area contributed by atoms with Crippen LogP contribution in [-0.2, 0) is 38.9 Å². The number of H-pyrrole nitrogens is 1. The van der Waals surface area contributed by atoms with E-state index in [-0.39, 0.29) is 40.6 Å². The van der Waals surface area contributed by atoms with Crippen molar-refractivity contribution in [3.8, 4) is 11.5 Å². The van der Waals surface area contributed by atoms with Crippen molar-refractivity contribution >= 4 is 38.7 Å². The number of alkyl halides is 16. The molecule has 2 amide bonds. The summed E-state index contributed by atoms with van der Waals surface area (Å²) in [5.74, 6) is -60.5. The Morgan fingerprint density at radius 3 is 1.70 bits per heavy atom. The van der Waals surface area contributed by atoms with Crippen molar-refractivity contribution in [3.63, 3.8) is 0 Å². The number of fused-ring (bicyclic) bond motifs is 1. The van der Waals surface area contributed by atoms with E-state index < -0.39 is 92.7 Å². The van der Waals surface area contributed by atoms with E-state index in [1.165, 1.54) is 36.4 Å². The topological polar surface area (TPSA) is 157 Å². The molecule has 83 heavy (non-hydrogen) atoms. The van der Waals surface area contributed by atoms with Gasteiger partial charge in [-0.2, -0.15) is 61.5 Å². The lowest BCUT2D eigenvalue weighted by Gasteiger charge is -2.42. The number of sulfone groups is 1. The fourth-order valence-corrected chi connectivity index (χ4v) is 9.62. The molecular weight excluding hydrogens is 1160 g/mol. The van der Waals surface area contributed by atoms with Gasteiger partial charge in [-0.1, -0.05) is 94.3 Å². The average molecular weight is 1220 g/mol. The van der Waals surface area contributed by atoms with E-state index in [0.29, 0.717) is 36.4 Å². The fourth-order valence-electron chi connectivity index (χ4n) is 8.36. The third-order valence-electron chi connectivity index (χ3n) is 13.3. The van der Waals surface area contributed by atoms with Gasteiger partial charge >= 0.3 is 53.8 Å². The molecule has 0 aliphatic rings. The van der Waals surface area contributed by atoms with Crippen molar-refractivity contribution in [2.45, 2.75) is 161 Å². The van der Waals surface area contributed by atoms with E-state index in [9.17, 15) is 88.3 Å². The highest BCUT2D eigenvalue weighted by Gasteiger charge is 2.94. The van der Waals surface area contributed by atoms with Crippen LogP contribution in [0.1, 0.15) is 93.8 Å². The summed E-state index contributed by atoms with van der Waals surface area (Å²) < 4.78 is 262. The van der Waals surface area contributed by atoms with Crippen LogP contribution in [0.4, 0.5) is 81.6 Å². The number of halogens is 16. The molecule has 6 rings (SSSR count). The smallest absolute Gasteiger partial charge is 0.393 e. The molecule has 454 valence electrons. The molecule has 1 unspecified atom stereocenters. The van der Waals surface area contributed by atoms with Crippen molar-refractivity contribution in [2.24, 2.45) is 0 Å². The average Bonchev–Trinajstić information content (AvgIpc) is 1.42. The quantitative estimate of drug-likeness (QED) is 0.0287. The van der Waals surface area contributed by atoms with Gasteiger partial charge in [-0.05, 0) is 104 Å². The molecule has 0 spiro atoms. The molecule has 4 aromatic carbocycles. The number of ether oxygens (including phenoxy) is 2. The molecule has 2 heterocycles. The van der Waals surface area contributed by atoms with E-state index in [0.717, 1.165) is 67.3 Å². The zero-order valence-corrected chi connectivity index (χ0v) is 44.7. The van der Waals surface area contributed by atoms with Crippen LogP contribution in [0.5, 0.6) is 11.5 Å². The predicted molar refractivity (Wildman–Crippen MR) is 269 cm³/mol. The van der Waals surface area contributed by atoms with E-state index in [4.69, 9.17) is 9.47 Å². The standard InChI is InChI=1S/C54H54F16N6O6S/c1-3-4-5-6-7-8-9-13-18-41(82-38-26-30-40(31-27-38)83(79,80)39-28-24-37(25-29-39)81-32-35-15-11-10-12-16-35)45(77)71-36-22-20-34(21-23-36)17-14-19-42-73-74-44-43(33(2)75-76(42)44)72-47(78)49(59,60)51(63,64)53(67,68)54(69,70)52(65,66)50(61,62)48(57,58)46(55)56/h10-12,15-16,20-31,41,46,75H,3-9,13-14,17-19,32H2,1-2H3,(H,71,77)(H,72,78). The molecule has 0 fully saturated rings. The second kappa shape index (κ2) is 25.8. The van der Waals surface area contributed by atoms with Crippen molar-refractivity contribution in [3.05, 3.63) is 126 Å². The molecule has 6 aromatic rings.